The lowest BCUT2D eigenvalue weighted by Crippen LogP contribution is -2.10. The van der Waals surface area contributed by atoms with Crippen LogP contribution in [0.3, 0.4) is 0 Å². The van der Waals surface area contributed by atoms with E-state index in [1.165, 1.54) is 0 Å². The zero-order valence-electron chi connectivity index (χ0n) is 26.9. The normalized spacial score (nSPS) is 15.3. The summed E-state index contributed by atoms with van der Waals surface area (Å²) in [7, 11) is 1.55. The van der Waals surface area contributed by atoms with Crippen LogP contribution in [0.15, 0.2) is 59.5 Å². The van der Waals surface area contributed by atoms with Crippen molar-refractivity contribution in [3.05, 3.63) is 93.7 Å². The molecule has 6 aromatic rings. The molecule has 3 aromatic heterocycles. The first-order valence-corrected chi connectivity index (χ1v) is 18.7. The van der Waals surface area contributed by atoms with Crippen molar-refractivity contribution in [3.63, 3.8) is 0 Å². The second kappa shape index (κ2) is 12.3. The van der Waals surface area contributed by atoms with Gasteiger partial charge in [0.15, 0.2) is 9.84 Å². The van der Waals surface area contributed by atoms with Gasteiger partial charge in [0.05, 0.1) is 40.0 Å². The molecule has 10 nitrogen and oxygen atoms in total. The largest absolute Gasteiger partial charge is 0.493 e. The molecule has 3 aromatic carbocycles. The van der Waals surface area contributed by atoms with Crippen molar-refractivity contribution in [3.8, 4) is 16.9 Å². The summed E-state index contributed by atoms with van der Waals surface area (Å²) in [6, 6.07) is 17.6. The summed E-state index contributed by atoms with van der Waals surface area (Å²) in [6.07, 6.45) is 1.01. The average molecular weight is 704 g/mol. The maximum absolute atomic E-state index is 13.8. The number of benzene rings is 3. The summed E-state index contributed by atoms with van der Waals surface area (Å²) < 4.78 is 38.9. The summed E-state index contributed by atoms with van der Waals surface area (Å²) >= 11 is 8.53. The van der Waals surface area contributed by atoms with E-state index >= 15 is 0 Å². The van der Waals surface area contributed by atoms with Crippen molar-refractivity contribution in [2.45, 2.75) is 41.9 Å². The molecule has 48 heavy (non-hydrogen) atoms. The van der Waals surface area contributed by atoms with Crippen LogP contribution in [-0.2, 0) is 54.7 Å². The van der Waals surface area contributed by atoms with Gasteiger partial charge >= 0.3 is 5.97 Å². The molecule has 248 valence electrons. The lowest BCUT2D eigenvalue weighted by molar-refractivity contribution is 0.0685. The van der Waals surface area contributed by atoms with E-state index in [0.717, 1.165) is 32.5 Å². The minimum absolute atomic E-state index is 0.154. The van der Waals surface area contributed by atoms with E-state index in [1.807, 2.05) is 56.4 Å². The van der Waals surface area contributed by atoms with Gasteiger partial charge in [-0.3, -0.25) is 9.36 Å². The number of fused-ring (bicyclic) bond motifs is 8. The standard InChI is InChI=1S/C35H34ClN5O5S2/c1-20-31-29(38-40(20)3)19-48(44,45)18-22-15-23(41(4)37-22)17-47-24-14-21-8-5-6-9-25(21)30(16-24)46-13-7-10-26-27-11-12-28(36)32(31)33(27)39(2)34(26)35(42)43/h5-6,8-9,11-12,14-16H,7,10,13,17-19H2,1-4H3,(H,42,43). The Balaban J connectivity index is 1.41. The van der Waals surface area contributed by atoms with Gasteiger partial charge in [-0.25, -0.2) is 13.2 Å². The fourth-order valence-corrected chi connectivity index (χ4v) is 9.31. The van der Waals surface area contributed by atoms with Crippen LogP contribution in [-0.4, -0.2) is 50.2 Å². The summed E-state index contributed by atoms with van der Waals surface area (Å²) in [5, 5.41) is 22.7. The topological polar surface area (TPSA) is 121 Å². The van der Waals surface area contributed by atoms with Gasteiger partial charge in [0, 0.05) is 65.1 Å². The number of nitrogens with zero attached hydrogens (tertiary/aromatic N) is 5. The third-order valence-electron chi connectivity index (χ3n) is 9.03. The predicted octanol–water partition coefficient (Wildman–Crippen LogP) is 6.86. The second-order valence-corrected chi connectivity index (χ2v) is 15.7. The molecule has 1 aliphatic heterocycles. The molecule has 0 saturated carbocycles. The Morgan fingerprint density at radius 1 is 0.979 bits per heavy atom. The number of halogens is 1. The summed E-state index contributed by atoms with van der Waals surface area (Å²) in [4.78, 5) is 13.7. The molecule has 0 aliphatic carbocycles. The van der Waals surface area contributed by atoms with E-state index in [9.17, 15) is 18.3 Å². The zero-order valence-corrected chi connectivity index (χ0v) is 29.3. The summed E-state index contributed by atoms with van der Waals surface area (Å²) in [5.74, 6) is -0.316. The van der Waals surface area contributed by atoms with Gasteiger partial charge in [0.2, 0.25) is 0 Å². The molecular formula is C35H34ClN5O5S2. The summed E-state index contributed by atoms with van der Waals surface area (Å²) in [6.45, 7) is 2.23. The van der Waals surface area contributed by atoms with Crippen LogP contribution in [0.4, 0.5) is 0 Å². The molecule has 4 heterocycles. The number of ether oxygens (including phenoxy) is 1. The Morgan fingerprint density at radius 2 is 1.77 bits per heavy atom. The Morgan fingerprint density at radius 3 is 2.56 bits per heavy atom. The molecule has 1 aliphatic rings. The Labute approximate surface area is 287 Å². The number of aryl methyl sites for hydroxylation is 4. The fraction of sp³-hybridized carbons (Fsp3) is 0.286. The van der Waals surface area contributed by atoms with Crippen LogP contribution < -0.4 is 4.74 Å². The number of sulfone groups is 1. The van der Waals surface area contributed by atoms with Crippen LogP contribution in [0.2, 0.25) is 5.02 Å². The highest BCUT2D eigenvalue weighted by atomic mass is 35.5. The second-order valence-electron chi connectivity index (χ2n) is 12.2. The number of carboxylic acids is 1. The van der Waals surface area contributed by atoms with E-state index in [1.54, 1.807) is 45.9 Å². The van der Waals surface area contributed by atoms with E-state index in [-0.39, 0.29) is 17.2 Å². The van der Waals surface area contributed by atoms with E-state index in [4.69, 9.17) is 16.3 Å². The molecule has 0 fully saturated rings. The molecule has 0 atom stereocenters. The Kier molecular flexibility index (Phi) is 8.29. The Hall–Kier alpha value is -4.26. The third kappa shape index (κ3) is 5.75. The van der Waals surface area contributed by atoms with Gasteiger partial charge in [-0.15, -0.1) is 11.8 Å². The van der Waals surface area contributed by atoms with Gasteiger partial charge in [-0.1, -0.05) is 41.9 Å². The molecule has 0 unspecified atom stereocenters. The monoisotopic (exact) mass is 703 g/mol. The van der Waals surface area contributed by atoms with Crippen molar-refractivity contribution in [2.24, 2.45) is 21.1 Å². The quantitative estimate of drug-likeness (QED) is 0.197. The van der Waals surface area contributed by atoms with Gasteiger partial charge in [-0.2, -0.15) is 10.2 Å². The molecule has 8 bridgehead atoms. The molecule has 0 radical (unpaired) electrons. The predicted molar refractivity (Wildman–Crippen MR) is 189 cm³/mol. The van der Waals surface area contributed by atoms with Crippen LogP contribution >= 0.6 is 23.4 Å². The highest BCUT2D eigenvalue weighted by molar-refractivity contribution is 7.98. The molecule has 0 saturated heterocycles. The fourth-order valence-electron chi connectivity index (χ4n) is 6.77. The molecule has 0 spiro atoms. The smallest absolute Gasteiger partial charge is 0.352 e. The molecule has 13 heteroatoms. The van der Waals surface area contributed by atoms with Gasteiger partial charge in [-0.05, 0) is 55.0 Å². The van der Waals surface area contributed by atoms with Crippen molar-refractivity contribution in [2.75, 3.05) is 6.61 Å². The maximum Gasteiger partial charge on any atom is 0.352 e. The van der Waals surface area contributed by atoms with Gasteiger partial charge in [0.1, 0.15) is 11.4 Å². The van der Waals surface area contributed by atoms with Crippen LogP contribution in [0.5, 0.6) is 5.75 Å². The number of aromatic nitrogens is 5. The van der Waals surface area contributed by atoms with Crippen molar-refractivity contribution in [1.29, 1.82) is 0 Å². The Bertz CT molecular complexity index is 2370. The minimum Gasteiger partial charge on any atom is -0.493 e. The van der Waals surface area contributed by atoms with Crippen molar-refractivity contribution >= 4 is 60.8 Å². The van der Waals surface area contributed by atoms with Crippen LogP contribution in [0.25, 0.3) is 32.8 Å². The SMILES string of the molecule is Cc1c2c(nn1C)CS(=O)(=O)Cc1cc(n(C)n1)CSc1cc(c3ccccc3c1)OCCCc1c(C(=O)O)n(C)c3c-2c(Cl)ccc13. The van der Waals surface area contributed by atoms with Gasteiger partial charge in [0.25, 0.3) is 0 Å². The minimum atomic E-state index is -3.73. The van der Waals surface area contributed by atoms with Gasteiger partial charge < -0.3 is 14.4 Å². The lowest BCUT2D eigenvalue weighted by atomic mass is 9.98. The number of rotatable bonds is 1. The first kappa shape index (κ1) is 32.3. The first-order valence-electron chi connectivity index (χ1n) is 15.5. The number of hydrogen-bond acceptors (Lipinski definition) is 7. The van der Waals surface area contributed by atoms with E-state index in [2.05, 4.69) is 16.3 Å². The lowest BCUT2D eigenvalue weighted by Gasteiger charge is -2.12. The number of aromatic carboxylic acids is 1. The first-order chi connectivity index (χ1) is 22.9. The number of thioether (sulfide) groups is 1. The van der Waals surface area contributed by atoms with E-state index in [0.29, 0.717) is 69.5 Å². The van der Waals surface area contributed by atoms with E-state index < -0.39 is 15.8 Å². The van der Waals surface area contributed by atoms with Crippen molar-refractivity contribution < 1.29 is 23.1 Å². The maximum atomic E-state index is 13.8. The highest BCUT2D eigenvalue weighted by Crippen LogP contribution is 2.42. The van der Waals surface area contributed by atoms with Crippen LogP contribution in [0.1, 0.15) is 45.2 Å². The number of carbonyl (C=O) groups is 1. The summed E-state index contributed by atoms with van der Waals surface area (Å²) in [5.41, 5.74) is 4.99. The molecular weight excluding hydrogens is 670 g/mol. The molecule has 1 N–H and O–H groups in total. The third-order valence-corrected chi connectivity index (χ3v) is 11.8. The average Bonchev–Trinajstić information content (AvgIpc) is 3.62. The zero-order chi connectivity index (χ0) is 33.9. The highest BCUT2D eigenvalue weighted by Gasteiger charge is 2.29. The van der Waals surface area contributed by atoms with Crippen LogP contribution in [0, 0.1) is 6.92 Å². The van der Waals surface area contributed by atoms with Crippen molar-refractivity contribution in [1.82, 2.24) is 24.1 Å². The molecule has 7 rings (SSSR count). The number of carboxylic acid groups (broad SMARTS) is 1. The number of hydrogen-bond donors (Lipinski definition) is 1. The molecule has 0 amide bonds.